The minimum Gasteiger partial charge on any atom is -0.461 e. The first kappa shape index (κ1) is 17.1. The van der Waals surface area contributed by atoms with Crippen molar-refractivity contribution in [2.75, 3.05) is 18.1 Å². The fraction of sp³-hybridized carbons (Fsp3) is 0.471. The molecule has 0 saturated heterocycles. The number of nitrogens with zero attached hydrogens (tertiary/aromatic N) is 1. The molecule has 1 aromatic rings. The summed E-state index contributed by atoms with van der Waals surface area (Å²) in [6, 6.07) is 9.78. The summed E-state index contributed by atoms with van der Waals surface area (Å²) in [5.74, 6) is -0.350. The molecule has 1 aromatic carbocycles. The van der Waals surface area contributed by atoms with Crippen LogP contribution in [0.4, 0.5) is 5.69 Å². The highest BCUT2D eigenvalue weighted by atomic mass is 16.5. The van der Waals surface area contributed by atoms with E-state index in [1.165, 1.54) is 0 Å². The lowest BCUT2D eigenvalue weighted by Crippen LogP contribution is -2.31. The first-order chi connectivity index (χ1) is 10.2. The van der Waals surface area contributed by atoms with Crippen molar-refractivity contribution in [2.45, 2.75) is 40.0 Å². The second kappa shape index (κ2) is 9.06. The quantitative estimate of drug-likeness (QED) is 0.588. The average molecular weight is 290 g/mol. The summed E-state index contributed by atoms with van der Waals surface area (Å²) in [4.78, 5) is 14.2. The Hall–Kier alpha value is -1.97. The van der Waals surface area contributed by atoms with Gasteiger partial charge in [0.25, 0.3) is 0 Å². The van der Waals surface area contributed by atoms with Crippen LogP contribution in [0.25, 0.3) is 0 Å². The summed E-state index contributed by atoms with van der Waals surface area (Å²) in [5, 5.41) is 0. The highest BCUT2D eigenvalue weighted by Crippen LogP contribution is 2.22. The minimum atomic E-state index is -0.350. The number of carbonyl (C=O) groups excluding carboxylic acids is 1. The summed E-state index contributed by atoms with van der Waals surface area (Å²) in [7, 11) is 0. The van der Waals surface area contributed by atoms with E-state index in [-0.39, 0.29) is 5.97 Å². The van der Waals surface area contributed by atoms with Crippen molar-refractivity contribution in [1.82, 2.24) is 0 Å². The topological polar surface area (TPSA) is 55.6 Å². The van der Waals surface area contributed by atoms with E-state index < -0.39 is 0 Å². The summed E-state index contributed by atoms with van der Waals surface area (Å²) >= 11 is 0. The maximum atomic E-state index is 12.3. The number of ether oxygens (including phenoxy) is 1. The van der Waals surface area contributed by atoms with Crippen LogP contribution in [-0.4, -0.2) is 19.1 Å². The summed E-state index contributed by atoms with van der Waals surface area (Å²) in [5.41, 5.74) is 8.20. The molecule has 0 atom stereocenters. The largest absolute Gasteiger partial charge is 0.461 e. The van der Waals surface area contributed by atoms with E-state index in [2.05, 4.69) is 6.92 Å². The Kier molecular flexibility index (Phi) is 7.37. The van der Waals surface area contributed by atoms with Gasteiger partial charge in [0.05, 0.1) is 6.61 Å². The van der Waals surface area contributed by atoms with Crippen LogP contribution in [-0.2, 0) is 9.53 Å². The van der Waals surface area contributed by atoms with Crippen LogP contribution in [0.5, 0.6) is 0 Å². The molecule has 0 amide bonds. The van der Waals surface area contributed by atoms with Crippen LogP contribution >= 0.6 is 0 Å². The first-order valence-electron chi connectivity index (χ1n) is 7.63. The molecule has 0 aliphatic carbocycles. The van der Waals surface area contributed by atoms with Gasteiger partial charge in [0.2, 0.25) is 0 Å². The van der Waals surface area contributed by atoms with Crippen molar-refractivity contribution in [2.24, 2.45) is 5.73 Å². The zero-order chi connectivity index (χ0) is 15.7. The second-order valence-corrected chi connectivity index (χ2v) is 4.78. The van der Waals surface area contributed by atoms with Crippen molar-refractivity contribution >= 4 is 11.7 Å². The maximum Gasteiger partial charge on any atom is 0.356 e. The molecule has 0 radical (unpaired) electrons. The fourth-order valence-corrected chi connectivity index (χ4v) is 2.18. The number of likely N-dealkylation sites (N-methyl/N-ethyl adjacent to an activating group) is 1. The van der Waals surface area contributed by atoms with Crippen LogP contribution < -0.4 is 10.6 Å². The van der Waals surface area contributed by atoms with Crippen molar-refractivity contribution in [3.63, 3.8) is 0 Å². The molecule has 0 saturated carbocycles. The van der Waals surface area contributed by atoms with E-state index in [1.807, 2.05) is 42.2 Å². The van der Waals surface area contributed by atoms with Crippen LogP contribution in [0, 0.1) is 0 Å². The zero-order valence-corrected chi connectivity index (χ0v) is 13.3. The summed E-state index contributed by atoms with van der Waals surface area (Å²) in [6.07, 6.45) is 2.70. The van der Waals surface area contributed by atoms with Crippen LogP contribution in [0.15, 0.2) is 41.7 Å². The number of rotatable bonds is 8. The Morgan fingerprint density at radius 2 is 1.86 bits per heavy atom. The number of esters is 1. The lowest BCUT2D eigenvalue weighted by Gasteiger charge is -2.26. The molecular weight excluding hydrogens is 264 g/mol. The molecule has 0 aromatic heterocycles. The standard InChI is InChI=1S/C17H26N2O2/c1-4-7-13-15(18)16(17(20)21-6-3)19(5-2)14-11-9-8-10-12-14/h8-12H,4-7,13,18H2,1-3H3/b16-15+. The van der Waals surface area contributed by atoms with Gasteiger partial charge in [-0.3, -0.25) is 0 Å². The fourth-order valence-electron chi connectivity index (χ4n) is 2.18. The van der Waals surface area contributed by atoms with Crippen LogP contribution in [0.3, 0.4) is 0 Å². The molecule has 0 aliphatic heterocycles. The molecule has 2 N–H and O–H groups in total. The first-order valence-corrected chi connectivity index (χ1v) is 7.63. The minimum absolute atomic E-state index is 0.343. The highest BCUT2D eigenvalue weighted by Gasteiger charge is 2.22. The molecule has 4 nitrogen and oxygen atoms in total. The van der Waals surface area contributed by atoms with Gasteiger partial charge < -0.3 is 15.4 Å². The number of benzene rings is 1. The molecule has 4 heteroatoms. The molecule has 0 bridgehead atoms. The van der Waals surface area contributed by atoms with Crippen molar-refractivity contribution in [3.05, 3.63) is 41.7 Å². The van der Waals surface area contributed by atoms with Gasteiger partial charge in [-0.1, -0.05) is 31.5 Å². The Balaban J connectivity index is 3.17. The van der Waals surface area contributed by atoms with Gasteiger partial charge >= 0.3 is 5.97 Å². The summed E-state index contributed by atoms with van der Waals surface area (Å²) < 4.78 is 5.19. The van der Waals surface area contributed by atoms with E-state index in [0.29, 0.717) is 31.0 Å². The number of hydrogen-bond acceptors (Lipinski definition) is 4. The molecule has 1 rings (SSSR count). The zero-order valence-electron chi connectivity index (χ0n) is 13.3. The van der Waals surface area contributed by atoms with E-state index in [4.69, 9.17) is 10.5 Å². The molecule has 116 valence electrons. The Morgan fingerprint density at radius 3 is 2.38 bits per heavy atom. The number of allylic oxidation sites excluding steroid dienone is 1. The number of anilines is 1. The van der Waals surface area contributed by atoms with Crippen LogP contribution in [0.1, 0.15) is 40.0 Å². The molecule has 0 fully saturated rings. The van der Waals surface area contributed by atoms with Gasteiger partial charge in [-0.2, -0.15) is 0 Å². The van der Waals surface area contributed by atoms with E-state index in [0.717, 1.165) is 18.5 Å². The monoisotopic (exact) mass is 290 g/mol. The molecule has 0 unspecified atom stereocenters. The number of para-hydroxylation sites is 1. The van der Waals surface area contributed by atoms with Crippen molar-refractivity contribution in [3.8, 4) is 0 Å². The molecule has 0 heterocycles. The summed E-state index contributed by atoms with van der Waals surface area (Å²) in [6.45, 7) is 6.91. The Morgan fingerprint density at radius 1 is 1.19 bits per heavy atom. The lowest BCUT2D eigenvalue weighted by molar-refractivity contribution is -0.138. The van der Waals surface area contributed by atoms with Gasteiger partial charge in [0, 0.05) is 17.9 Å². The number of carbonyl (C=O) groups is 1. The average Bonchev–Trinajstić information content (AvgIpc) is 2.51. The highest BCUT2D eigenvalue weighted by molar-refractivity contribution is 5.93. The Labute approximate surface area is 127 Å². The van der Waals surface area contributed by atoms with Crippen molar-refractivity contribution in [1.29, 1.82) is 0 Å². The van der Waals surface area contributed by atoms with Gasteiger partial charge in [-0.15, -0.1) is 0 Å². The van der Waals surface area contributed by atoms with Gasteiger partial charge in [-0.25, -0.2) is 4.79 Å². The van der Waals surface area contributed by atoms with Gasteiger partial charge in [0.15, 0.2) is 0 Å². The maximum absolute atomic E-state index is 12.3. The second-order valence-electron chi connectivity index (χ2n) is 4.78. The normalized spacial score (nSPS) is 11.8. The third-order valence-electron chi connectivity index (χ3n) is 3.23. The predicted octanol–water partition coefficient (Wildman–Crippen LogP) is 3.44. The van der Waals surface area contributed by atoms with E-state index >= 15 is 0 Å². The number of unbranched alkanes of at least 4 members (excludes halogenated alkanes) is 1. The lowest BCUT2D eigenvalue weighted by atomic mass is 10.1. The van der Waals surface area contributed by atoms with Crippen LogP contribution in [0.2, 0.25) is 0 Å². The molecule has 0 aliphatic rings. The third-order valence-corrected chi connectivity index (χ3v) is 3.23. The van der Waals surface area contributed by atoms with E-state index in [1.54, 1.807) is 6.92 Å². The number of nitrogens with two attached hydrogens (primary N) is 1. The third kappa shape index (κ3) is 4.81. The Bertz CT molecular complexity index is 469. The van der Waals surface area contributed by atoms with E-state index in [9.17, 15) is 4.79 Å². The van der Waals surface area contributed by atoms with Gasteiger partial charge in [0.1, 0.15) is 5.70 Å². The number of hydrogen-bond donors (Lipinski definition) is 1. The van der Waals surface area contributed by atoms with Gasteiger partial charge in [-0.05, 0) is 38.8 Å². The predicted molar refractivity (Wildman–Crippen MR) is 86.8 cm³/mol. The van der Waals surface area contributed by atoms with Crippen molar-refractivity contribution < 1.29 is 9.53 Å². The SMILES string of the molecule is CCCC/C(N)=C(/C(=O)OCC)N(CC)c1ccccc1. The molecule has 21 heavy (non-hydrogen) atoms. The molecule has 0 spiro atoms. The smallest absolute Gasteiger partial charge is 0.356 e. The molecular formula is C17H26N2O2.